The van der Waals surface area contributed by atoms with Crippen molar-refractivity contribution in [3.8, 4) is 0 Å². The third-order valence-electron chi connectivity index (χ3n) is 1.21. The minimum absolute atomic E-state index is 0. The highest BCUT2D eigenvalue weighted by Gasteiger charge is 1.80. The maximum absolute atomic E-state index is 3.00. The largest absolute Gasteiger partial charge is 0.106 e. The second-order valence-corrected chi connectivity index (χ2v) is 2.06. The van der Waals surface area contributed by atoms with E-state index in [4.69, 9.17) is 0 Å². The Hall–Kier alpha value is -0.260. The summed E-state index contributed by atoms with van der Waals surface area (Å²) in [5.41, 5.74) is 0. The van der Waals surface area contributed by atoms with Crippen molar-refractivity contribution in [1.29, 1.82) is 0 Å². The van der Waals surface area contributed by atoms with E-state index in [1.807, 2.05) is 55.4 Å². The lowest BCUT2D eigenvalue weighted by molar-refractivity contribution is 0.656. The predicted molar refractivity (Wildman–Crippen MR) is 97.8 cm³/mol. The van der Waals surface area contributed by atoms with Crippen LogP contribution in [0.15, 0.2) is 13.2 Å². The van der Waals surface area contributed by atoms with Gasteiger partial charge in [-0.3, -0.25) is 0 Å². The van der Waals surface area contributed by atoms with E-state index >= 15 is 0 Å². The van der Waals surface area contributed by atoms with Gasteiger partial charge in [-0.05, 0) is 0 Å². The van der Waals surface area contributed by atoms with Crippen molar-refractivity contribution in [2.75, 3.05) is 0 Å². The van der Waals surface area contributed by atoms with Crippen LogP contribution in [0.1, 0.15) is 109 Å². The van der Waals surface area contributed by atoms with Crippen molar-refractivity contribution in [3.63, 3.8) is 0 Å². The summed E-state index contributed by atoms with van der Waals surface area (Å²) in [5.74, 6) is 0. The van der Waals surface area contributed by atoms with Crippen molar-refractivity contribution in [2.45, 2.75) is 109 Å². The standard InChI is InChI=1S/C7H16.4C2H6.C2H4.CH4/c1-3-5-7-6-4-2;5*1-2;/h3-7H2,1-2H3;4*1-2H3;1-2H2;1H4. The second kappa shape index (κ2) is 185. The Labute approximate surface area is 122 Å². The van der Waals surface area contributed by atoms with Crippen LogP contribution in [0.5, 0.6) is 0 Å². The summed E-state index contributed by atoms with van der Waals surface area (Å²) >= 11 is 0. The molecule has 0 nitrogen and oxygen atoms in total. The van der Waals surface area contributed by atoms with Crippen LogP contribution in [0, 0.1) is 0 Å². The van der Waals surface area contributed by atoms with E-state index < -0.39 is 0 Å². The molecule has 0 aromatic rings. The Bertz CT molecular complexity index is 27.0. The molecular formula is C18H48. The number of rotatable bonds is 4. The van der Waals surface area contributed by atoms with Gasteiger partial charge >= 0.3 is 0 Å². The van der Waals surface area contributed by atoms with Gasteiger partial charge in [0.25, 0.3) is 0 Å². The molecule has 120 valence electrons. The highest BCUT2D eigenvalue weighted by Crippen LogP contribution is 2.00. The molecule has 0 aliphatic heterocycles. The van der Waals surface area contributed by atoms with Gasteiger partial charge in [-0.25, -0.2) is 0 Å². The van der Waals surface area contributed by atoms with E-state index in [2.05, 4.69) is 27.0 Å². The summed E-state index contributed by atoms with van der Waals surface area (Å²) in [6.07, 6.45) is 7.01. The molecule has 0 saturated heterocycles. The van der Waals surface area contributed by atoms with Crippen LogP contribution in [0.2, 0.25) is 0 Å². The fourth-order valence-electron chi connectivity index (χ4n) is 0.677. The van der Waals surface area contributed by atoms with E-state index in [-0.39, 0.29) is 7.43 Å². The molecule has 0 aromatic carbocycles. The topological polar surface area (TPSA) is 0 Å². The molecule has 0 fully saturated rings. The first-order chi connectivity index (χ1) is 8.41. The monoisotopic (exact) mass is 264 g/mol. The number of hydrogen-bond acceptors (Lipinski definition) is 0. The summed E-state index contributed by atoms with van der Waals surface area (Å²) in [6.45, 7) is 26.5. The molecule has 0 amide bonds. The minimum atomic E-state index is 0. The molecule has 0 spiro atoms. The SMILES string of the molecule is C.C=C.CC.CC.CC.CC.CCCCCCC. The van der Waals surface area contributed by atoms with Crippen LogP contribution in [0.4, 0.5) is 0 Å². The van der Waals surface area contributed by atoms with Crippen molar-refractivity contribution in [2.24, 2.45) is 0 Å². The third-order valence-corrected chi connectivity index (χ3v) is 1.21. The van der Waals surface area contributed by atoms with Crippen LogP contribution in [-0.2, 0) is 0 Å². The summed E-state index contributed by atoms with van der Waals surface area (Å²) < 4.78 is 0. The smallest absolute Gasteiger partial charge is 0.0533 e. The highest BCUT2D eigenvalue weighted by atomic mass is 13.9. The lowest BCUT2D eigenvalue weighted by atomic mass is 10.2. The van der Waals surface area contributed by atoms with Gasteiger partial charge in [0, 0.05) is 0 Å². The molecule has 0 atom stereocenters. The third kappa shape index (κ3) is 244. The van der Waals surface area contributed by atoms with Gasteiger partial charge < -0.3 is 0 Å². The summed E-state index contributed by atoms with van der Waals surface area (Å²) in [5, 5.41) is 0. The maximum atomic E-state index is 3.00. The average Bonchev–Trinajstić information content (AvgIpc) is 2.50. The van der Waals surface area contributed by atoms with Crippen molar-refractivity contribution < 1.29 is 0 Å². The molecule has 0 saturated carbocycles. The lowest BCUT2D eigenvalue weighted by Crippen LogP contribution is -1.70. The molecule has 0 heterocycles. The first-order valence-corrected chi connectivity index (χ1v) is 7.91. The van der Waals surface area contributed by atoms with Gasteiger partial charge in [-0.2, -0.15) is 0 Å². The van der Waals surface area contributed by atoms with Crippen LogP contribution in [0.25, 0.3) is 0 Å². The predicted octanol–water partition coefficient (Wildman–Crippen LogP) is 8.52. The lowest BCUT2D eigenvalue weighted by Gasteiger charge is -1.90. The normalized spacial score (nSPS) is 5.22. The number of hydrogen-bond donors (Lipinski definition) is 0. The molecular weight excluding hydrogens is 216 g/mol. The van der Waals surface area contributed by atoms with Crippen molar-refractivity contribution in [3.05, 3.63) is 13.2 Å². The van der Waals surface area contributed by atoms with Crippen LogP contribution >= 0.6 is 0 Å². The van der Waals surface area contributed by atoms with Crippen molar-refractivity contribution in [1.82, 2.24) is 0 Å². The number of unbranched alkanes of at least 4 members (excludes halogenated alkanes) is 4. The van der Waals surface area contributed by atoms with Gasteiger partial charge in [0.1, 0.15) is 0 Å². The molecule has 0 aliphatic carbocycles. The molecule has 0 radical (unpaired) electrons. The quantitative estimate of drug-likeness (QED) is 0.352. The second-order valence-electron chi connectivity index (χ2n) is 2.06. The molecule has 0 unspecified atom stereocenters. The highest BCUT2D eigenvalue weighted by molar-refractivity contribution is 4.35. The first kappa shape index (κ1) is 43.1. The van der Waals surface area contributed by atoms with Gasteiger partial charge in [-0.15, -0.1) is 13.2 Å². The van der Waals surface area contributed by atoms with Gasteiger partial charge in [-0.1, -0.05) is 109 Å². The van der Waals surface area contributed by atoms with E-state index in [0.717, 1.165) is 0 Å². The molecule has 0 rings (SSSR count). The fourth-order valence-corrected chi connectivity index (χ4v) is 0.677. The van der Waals surface area contributed by atoms with Crippen LogP contribution < -0.4 is 0 Å². The minimum Gasteiger partial charge on any atom is -0.106 e. The van der Waals surface area contributed by atoms with E-state index in [0.29, 0.717) is 0 Å². The Morgan fingerprint density at radius 1 is 0.500 bits per heavy atom. The van der Waals surface area contributed by atoms with Gasteiger partial charge in [0.15, 0.2) is 0 Å². The molecule has 0 bridgehead atoms. The van der Waals surface area contributed by atoms with E-state index in [1.54, 1.807) is 0 Å². The van der Waals surface area contributed by atoms with Gasteiger partial charge in [0.05, 0.1) is 0 Å². The molecule has 0 heteroatoms. The molecule has 0 N–H and O–H groups in total. The zero-order chi connectivity index (χ0) is 15.5. The summed E-state index contributed by atoms with van der Waals surface area (Å²) in [4.78, 5) is 0. The van der Waals surface area contributed by atoms with Gasteiger partial charge in [0.2, 0.25) is 0 Å². The Balaban J connectivity index is -0.0000000189. The zero-order valence-corrected chi connectivity index (χ0v) is 14.9. The first-order valence-electron chi connectivity index (χ1n) is 7.91. The Kier molecular flexibility index (Phi) is 442. The zero-order valence-electron chi connectivity index (χ0n) is 14.9. The average molecular weight is 265 g/mol. The Morgan fingerprint density at radius 3 is 0.778 bits per heavy atom. The summed E-state index contributed by atoms with van der Waals surface area (Å²) in [6, 6.07) is 0. The van der Waals surface area contributed by atoms with E-state index in [1.165, 1.54) is 32.1 Å². The fraction of sp³-hybridized carbons (Fsp3) is 0.889. The van der Waals surface area contributed by atoms with E-state index in [9.17, 15) is 0 Å². The Morgan fingerprint density at radius 2 is 0.667 bits per heavy atom. The van der Waals surface area contributed by atoms with Crippen LogP contribution in [0.3, 0.4) is 0 Å². The molecule has 18 heavy (non-hydrogen) atoms. The van der Waals surface area contributed by atoms with Crippen LogP contribution in [-0.4, -0.2) is 0 Å². The summed E-state index contributed by atoms with van der Waals surface area (Å²) in [7, 11) is 0. The molecule has 0 aromatic heterocycles. The maximum Gasteiger partial charge on any atom is -0.0533 e. The van der Waals surface area contributed by atoms with Crippen molar-refractivity contribution >= 4 is 0 Å². The molecule has 0 aliphatic rings.